The van der Waals surface area contributed by atoms with Crippen molar-refractivity contribution in [1.82, 2.24) is 15.4 Å². The van der Waals surface area contributed by atoms with Crippen molar-refractivity contribution < 1.29 is 19.1 Å². The van der Waals surface area contributed by atoms with Gasteiger partial charge in [-0.05, 0) is 61.2 Å². The predicted octanol–water partition coefficient (Wildman–Crippen LogP) is 3.55. The Labute approximate surface area is 186 Å². The van der Waals surface area contributed by atoms with Crippen LogP contribution in [0.3, 0.4) is 0 Å². The van der Waals surface area contributed by atoms with E-state index >= 15 is 0 Å². The van der Waals surface area contributed by atoms with Crippen LogP contribution in [0.15, 0.2) is 66.2 Å². The summed E-state index contributed by atoms with van der Waals surface area (Å²) >= 11 is 0. The van der Waals surface area contributed by atoms with E-state index in [0.717, 1.165) is 33.6 Å². The molecule has 1 atom stereocenters. The predicted molar refractivity (Wildman–Crippen MR) is 119 cm³/mol. The number of hydroxylamine groups is 1. The Balaban J connectivity index is 1.81. The van der Waals surface area contributed by atoms with Crippen LogP contribution in [0.25, 0.3) is 11.1 Å². The van der Waals surface area contributed by atoms with Crippen molar-refractivity contribution in [2.75, 3.05) is 6.61 Å². The Morgan fingerprint density at radius 1 is 1.09 bits per heavy atom. The zero-order valence-corrected chi connectivity index (χ0v) is 18.1. The Morgan fingerprint density at radius 3 is 2.59 bits per heavy atom. The number of nitrogens with one attached hydrogen (secondary N) is 1. The molecule has 0 bridgehead atoms. The molecule has 1 aliphatic heterocycles. The van der Waals surface area contributed by atoms with Gasteiger partial charge in [-0.25, -0.2) is 15.0 Å². The van der Waals surface area contributed by atoms with E-state index in [1.54, 1.807) is 12.4 Å². The van der Waals surface area contributed by atoms with Gasteiger partial charge in [-0.15, -0.1) is 0 Å². The number of amidine groups is 1. The number of aromatic nitrogens is 2. The van der Waals surface area contributed by atoms with E-state index in [4.69, 9.17) is 14.5 Å². The summed E-state index contributed by atoms with van der Waals surface area (Å²) in [4.78, 5) is 28.3. The van der Waals surface area contributed by atoms with E-state index in [9.17, 15) is 4.79 Å². The first-order valence-electron chi connectivity index (χ1n) is 10.2. The van der Waals surface area contributed by atoms with Crippen molar-refractivity contribution in [3.8, 4) is 16.9 Å². The van der Waals surface area contributed by atoms with E-state index in [1.165, 1.54) is 6.33 Å². The zero-order chi connectivity index (χ0) is 22.6. The molecule has 1 aromatic heterocycles. The molecule has 4 rings (SSSR count). The lowest BCUT2D eigenvalue weighted by atomic mass is 9.82. The Bertz CT molecular complexity index is 1130. The highest BCUT2D eigenvalue weighted by molar-refractivity contribution is 5.77. The molecule has 0 fully saturated rings. The quantitative estimate of drug-likeness (QED) is 0.451. The smallest absolute Gasteiger partial charge is 0.320 e. The largest absolute Gasteiger partial charge is 0.491 e. The number of nitrogens with zero attached hydrogens (tertiary/aromatic N) is 3. The summed E-state index contributed by atoms with van der Waals surface area (Å²) in [5.74, 6) is 0.819. The van der Waals surface area contributed by atoms with Gasteiger partial charge in [0.1, 0.15) is 18.7 Å². The molecule has 0 spiro atoms. The Hall–Kier alpha value is -3.94. The first kappa shape index (κ1) is 21.3. The van der Waals surface area contributed by atoms with Gasteiger partial charge in [0, 0.05) is 18.0 Å². The topological polar surface area (TPSA) is 94.9 Å². The van der Waals surface area contributed by atoms with Crippen molar-refractivity contribution in [2.24, 2.45) is 4.99 Å². The van der Waals surface area contributed by atoms with Crippen molar-refractivity contribution >= 4 is 12.5 Å². The number of benzene rings is 2. The SMILES string of the molecule is Cc1cc(C2(c3cccc(-c4cncnc4)c3)COC(NOC=O)=N2)ccc1OC(C)C. The van der Waals surface area contributed by atoms with Crippen molar-refractivity contribution in [2.45, 2.75) is 32.4 Å². The third-order valence-corrected chi connectivity index (χ3v) is 5.15. The molecule has 0 aliphatic carbocycles. The van der Waals surface area contributed by atoms with Gasteiger partial charge in [-0.2, -0.15) is 5.48 Å². The van der Waals surface area contributed by atoms with Crippen LogP contribution >= 0.6 is 0 Å². The summed E-state index contributed by atoms with van der Waals surface area (Å²) in [6.45, 7) is 6.50. The van der Waals surface area contributed by atoms with E-state index in [-0.39, 0.29) is 25.2 Å². The number of aliphatic imine (C=N–C) groups is 1. The molecular formula is C24H24N4O4. The second-order valence-corrected chi connectivity index (χ2v) is 7.74. The second-order valence-electron chi connectivity index (χ2n) is 7.74. The molecule has 8 heteroatoms. The van der Waals surface area contributed by atoms with Crippen molar-refractivity contribution in [3.05, 3.63) is 77.9 Å². The number of aryl methyl sites for hydroxylation is 1. The zero-order valence-electron chi connectivity index (χ0n) is 18.1. The van der Waals surface area contributed by atoms with E-state index < -0.39 is 5.54 Å². The number of hydrogen-bond acceptors (Lipinski definition) is 8. The van der Waals surface area contributed by atoms with Crippen LogP contribution < -0.4 is 10.2 Å². The number of hydrogen-bond donors (Lipinski definition) is 1. The molecule has 0 amide bonds. The molecule has 1 unspecified atom stereocenters. The Kier molecular flexibility index (Phi) is 6.02. The summed E-state index contributed by atoms with van der Waals surface area (Å²) in [7, 11) is 0. The second kappa shape index (κ2) is 9.05. The van der Waals surface area contributed by atoms with Crippen LogP contribution in [-0.2, 0) is 19.9 Å². The lowest BCUT2D eigenvalue weighted by molar-refractivity contribution is -0.132. The molecule has 32 heavy (non-hydrogen) atoms. The number of ether oxygens (including phenoxy) is 2. The molecule has 0 radical (unpaired) electrons. The third-order valence-electron chi connectivity index (χ3n) is 5.15. The molecule has 3 aromatic rings. The summed E-state index contributed by atoms with van der Waals surface area (Å²) in [6, 6.07) is 14.1. The average molecular weight is 432 g/mol. The maximum atomic E-state index is 10.6. The van der Waals surface area contributed by atoms with Crippen LogP contribution in [0, 0.1) is 6.92 Å². The third kappa shape index (κ3) is 4.25. The van der Waals surface area contributed by atoms with Crippen LogP contribution in [0.1, 0.15) is 30.5 Å². The molecule has 1 N–H and O–H groups in total. The van der Waals surface area contributed by atoms with Gasteiger partial charge in [-0.1, -0.05) is 24.3 Å². The minimum atomic E-state index is -0.846. The van der Waals surface area contributed by atoms with Crippen LogP contribution in [0.5, 0.6) is 5.75 Å². The number of rotatable bonds is 7. The maximum absolute atomic E-state index is 10.6. The Morgan fingerprint density at radius 2 is 1.88 bits per heavy atom. The molecular weight excluding hydrogens is 408 g/mol. The van der Waals surface area contributed by atoms with E-state index in [0.29, 0.717) is 0 Å². The standard InChI is InChI=1S/C24H24N4O4/c1-16(2)32-22-8-7-21(9-17(22)3)24(13-30-23(27-24)28-31-15-29)20-6-4-5-18(10-20)19-11-25-14-26-12-19/h4-12,14-16H,13H2,1-3H3,(H,27,28). The van der Waals surface area contributed by atoms with Gasteiger partial charge < -0.3 is 14.3 Å². The van der Waals surface area contributed by atoms with Gasteiger partial charge in [-0.3, -0.25) is 4.79 Å². The van der Waals surface area contributed by atoms with Crippen molar-refractivity contribution in [3.63, 3.8) is 0 Å². The van der Waals surface area contributed by atoms with Gasteiger partial charge in [0.15, 0.2) is 5.54 Å². The summed E-state index contributed by atoms with van der Waals surface area (Å²) in [5, 5.41) is 0. The van der Waals surface area contributed by atoms with Crippen LogP contribution in [0.2, 0.25) is 0 Å². The first-order valence-corrected chi connectivity index (χ1v) is 10.2. The van der Waals surface area contributed by atoms with Gasteiger partial charge >= 0.3 is 12.5 Å². The summed E-state index contributed by atoms with van der Waals surface area (Å²) in [6.07, 6.45) is 5.10. The van der Waals surface area contributed by atoms with Gasteiger partial charge in [0.05, 0.1) is 6.10 Å². The first-order chi connectivity index (χ1) is 15.5. The lowest BCUT2D eigenvalue weighted by Crippen LogP contribution is -2.27. The van der Waals surface area contributed by atoms with Crippen molar-refractivity contribution in [1.29, 1.82) is 0 Å². The highest BCUT2D eigenvalue weighted by atomic mass is 16.7. The highest BCUT2D eigenvalue weighted by Crippen LogP contribution is 2.40. The van der Waals surface area contributed by atoms with Gasteiger partial charge in [0.25, 0.3) is 0 Å². The summed E-state index contributed by atoms with van der Waals surface area (Å²) in [5.41, 5.74) is 6.28. The van der Waals surface area contributed by atoms with Crippen LogP contribution in [0.4, 0.5) is 0 Å². The fraction of sp³-hybridized carbons (Fsp3) is 0.250. The monoisotopic (exact) mass is 432 g/mol. The highest BCUT2D eigenvalue weighted by Gasteiger charge is 2.41. The van der Waals surface area contributed by atoms with E-state index in [2.05, 4.69) is 20.3 Å². The number of carbonyl (C=O) groups is 1. The van der Waals surface area contributed by atoms with E-state index in [1.807, 2.05) is 63.2 Å². The molecule has 1 aliphatic rings. The molecule has 2 heterocycles. The molecule has 164 valence electrons. The minimum absolute atomic E-state index is 0.0717. The maximum Gasteiger partial charge on any atom is 0.320 e. The van der Waals surface area contributed by atoms with Crippen LogP contribution in [-0.4, -0.2) is 35.2 Å². The molecule has 8 nitrogen and oxygen atoms in total. The molecule has 0 saturated heterocycles. The molecule has 0 saturated carbocycles. The fourth-order valence-electron chi connectivity index (χ4n) is 3.70. The normalized spacial score (nSPS) is 17.4. The minimum Gasteiger partial charge on any atom is -0.491 e. The number of carbonyl (C=O) groups excluding carboxylic acids is 1. The summed E-state index contributed by atoms with van der Waals surface area (Å²) < 4.78 is 11.7. The molecule has 2 aromatic carbocycles. The fourth-order valence-corrected chi connectivity index (χ4v) is 3.70. The van der Waals surface area contributed by atoms with Gasteiger partial charge in [0.2, 0.25) is 0 Å². The average Bonchev–Trinajstić information content (AvgIpc) is 3.25. The lowest BCUT2D eigenvalue weighted by Gasteiger charge is -2.27.